The van der Waals surface area contributed by atoms with Gasteiger partial charge in [-0.25, -0.2) is 9.97 Å². The lowest BCUT2D eigenvalue weighted by Gasteiger charge is -2.46. The van der Waals surface area contributed by atoms with Gasteiger partial charge in [-0.1, -0.05) is 36.2 Å². The van der Waals surface area contributed by atoms with E-state index < -0.39 is 12.2 Å². The first-order valence-corrected chi connectivity index (χ1v) is 12.8. The van der Waals surface area contributed by atoms with Gasteiger partial charge in [-0.05, 0) is 48.9 Å². The summed E-state index contributed by atoms with van der Waals surface area (Å²) in [6.45, 7) is 6.07. The van der Waals surface area contributed by atoms with Gasteiger partial charge in [0.25, 0.3) is 0 Å². The number of nitrogens with zero attached hydrogens (tertiary/aromatic N) is 6. The fourth-order valence-electron chi connectivity index (χ4n) is 5.35. The van der Waals surface area contributed by atoms with Crippen LogP contribution in [0.3, 0.4) is 0 Å². The second-order valence-corrected chi connectivity index (χ2v) is 10.5. The Morgan fingerprint density at radius 2 is 1.94 bits per heavy atom. The quantitative estimate of drug-likeness (QED) is 0.477. The second kappa shape index (κ2) is 9.96. The number of β-amino-alcohol motifs (C(OH)–C–C–N with tert-alkyl or cyclic N) is 1. The van der Waals surface area contributed by atoms with Gasteiger partial charge in [0.2, 0.25) is 5.95 Å². The molecule has 2 fully saturated rings. The van der Waals surface area contributed by atoms with E-state index >= 15 is 0 Å². The van der Waals surface area contributed by atoms with Crippen molar-refractivity contribution in [1.29, 1.82) is 0 Å². The predicted molar refractivity (Wildman–Crippen MR) is 133 cm³/mol. The van der Waals surface area contributed by atoms with Crippen LogP contribution in [0.15, 0.2) is 24.4 Å². The van der Waals surface area contributed by atoms with E-state index in [1.54, 1.807) is 25.1 Å². The van der Waals surface area contributed by atoms with Gasteiger partial charge in [-0.3, -0.25) is 0 Å². The molecule has 0 bridgehead atoms. The van der Waals surface area contributed by atoms with Crippen molar-refractivity contribution >= 4 is 40.2 Å². The Bertz CT molecular complexity index is 1240. The molecule has 36 heavy (non-hydrogen) atoms. The maximum atomic E-state index is 13.8. The predicted octanol–water partition coefficient (Wildman–Crippen LogP) is 4.90. The Kier molecular flexibility index (Phi) is 7.06. The van der Waals surface area contributed by atoms with Crippen molar-refractivity contribution < 1.29 is 18.3 Å². The third-order valence-corrected chi connectivity index (χ3v) is 7.89. The summed E-state index contributed by atoms with van der Waals surface area (Å²) in [5.74, 6) is 0.850. The summed E-state index contributed by atoms with van der Waals surface area (Å²) < 4.78 is 41.4. The molecule has 7 nitrogen and oxygen atoms in total. The highest BCUT2D eigenvalue weighted by Crippen LogP contribution is 2.38. The molecule has 0 amide bonds. The zero-order valence-corrected chi connectivity index (χ0v) is 21.2. The Labute approximate surface area is 216 Å². The number of rotatable bonds is 6. The van der Waals surface area contributed by atoms with Gasteiger partial charge < -0.3 is 14.9 Å². The zero-order chi connectivity index (χ0) is 25.6. The Morgan fingerprint density at radius 1 is 1.17 bits per heavy atom. The average Bonchev–Trinajstić information content (AvgIpc) is 3.18. The van der Waals surface area contributed by atoms with E-state index in [2.05, 4.69) is 20.0 Å². The van der Waals surface area contributed by atoms with Crippen molar-refractivity contribution in [2.24, 2.45) is 11.8 Å². The Balaban J connectivity index is 1.42. The third-order valence-electron chi connectivity index (χ3n) is 7.33. The summed E-state index contributed by atoms with van der Waals surface area (Å²) in [4.78, 5) is 13.1. The second-order valence-electron chi connectivity index (χ2n) is 9.65. The summed E-state index contributed by atoms with van der Waals surface area (Å²) in [6, 6.07) is 4.90. The van der Waals surface area contributed by atoms with Crippen molar-refractivity contribution in [3.05, 3.63) is 45.7 Å². The number of fused-ring (bicyclic) bond motifs is 1. The van der Waals surface area contributed by atoms with E-state index in [9.17, 15) is 18.3 Å². The number of benzene rings is 1. The van der Waals surface area contributed by atoms with Crippen LogP contribution in [0.25, 0.3) is 11.0 Å². The van der Waals surface area contributed by atoms with E-state index in [1.807, 2.05) is 4.90 Å². The SMILES string of the molecule is C[C@H](c1ccc(Cl)cc1Cl)c1nn(C(F)(F)F)c2cnc(N3CC([C@H]4CCCN(CCO)C4)C3)nc12. The molecule has 194 valence electrons. The maximum Gasteiger partial charge on any atom is 0.505 e. The van der Waals surface area contributed by atoms with Gasteiger partial charge >= 0.3 is 6.30 Å². The molecule has 0 spiro atoms. The molecule has 0 radical (unpaired) electrons. The van der Waals surface area contributed by atoms with Crippen LogP contribution in [0.1, 0.15) is 36.9 Å². The number of anilines is 1. The summed E-state index contributed by atoms with van der Waals surface area (Å²) in [7, 11) is 0. The van der Waals surface area contributed by atoms with E-state index in [0.29, 0.717) is 39.9 Å². The number of halogens is 5. The Morgan fingerprint density at radius 3 is 2.64 bits per heavy atom. The van der Waals surface area contributed by atoms with Crippen LogP contribution >= 0.6 is 23.2 Å². The molecule has 2 saturated heterocycles. The first kappa shape index (κ1) is 25.5. The van der Waals surface area contributed by atoms with Crippen molar-refractivity contribution in [2.45, 2.75) is 32.0 Å². The van der Waals surface area contributed by atoms with Crippen LogP contribution < -0.4 is 4.90 Å². The standard InChI is InChI=1S/C24H27Cl2F3N6O/c1-14(18-5-4-17(25)9-19(18)26)21-22-20(35(32-21)24(27,28)29)10-30-23(31-22)34-12-16(13-34)15-3-2-6-33(11-15)7-8-36/h4-5,9-10,14-16,36H,2-3,6-8,11-13H2,1H3/t14-,15+/m1/s1. The highest BCUT2D eigenvalue weighted by molar-refractivity contribution is 6.35. The largest absolute Gasteiger partial charge is 0.505 e. The first-order chi connectivity index (χ1) is 17.2. The zero-order valence-electron chi connectivity index (χ0n) is 19.7. The van der Waals surface area contributed by atoms with Gasteiger partial charge in [0.05, 0.1) is 18.5 Å². The van der Waals surface area contributed by atoms with Gasteiger partial charge in [-0.15, -0.1) is 13.2 Å². The molecule has 5 rings (SSSR count). The summed E-state index contributed by atoms with van der Waals surface area (Å²) in [5.41, 5.74) is 0.760. The van der Waals surface area contributed by atoms with E-state index in [4.69, 9.17) is 23.2 Å². The first-order valence-electron chi connectivity index (χ1n) is 12.0. The Hall–Kier alpha value is -2.14. The van der Waals surface area contributed by atoms with Crippen molar-refractivity contribution in [3.8, 4) is 0 Å². The van der Waals surface area contributed by atoms with E-state index in [0.717, 1.165) is 39.0 Å². The molecule has 2 atom stereocenters. The molecule has 12 heteroatoms. The fraction of sp³-hybridized carbons (Fsp3) is 0.542. The van der Waals surface area contributed by atoms with Crippen LogP contribution in [0, 0.1) is 11.8 Å². The minimum Gasteiger partial charge on any atom is -0.395 e. The molecule has 2 aromatic heterocycles. The van der Waals surface area contributed by atoms with Crippen molar-refractivity contribution in [1.82, 2.24) is 24.6 Å². The molecule has 1 N–H and O–H groups in total. The number of aromatic nitrogens is 4. The van der Waals surface area contributed by atoms with Crippen molar-refractivity contribution in [2.75, 3.05) is 44.2 Å². The van der Waals surface area contributed by atoms with Crippen LogP contribution in [0.4, 0.5) is 19.1 Å². The topological polar surface area (TPSA) is 70.3 Å². The highest BCUT2D eigenvalue weighted by Gasteiger charge is 2.39. The molecule has 4 heterocycles. The maximum absolute atomic E-state index is 13.8. The van der Waals surface area contributed by atoms with Crippen LogP contribution in [0.5, 0.6) is 0 Å². The fourth-order valence-corrected chi connectivity index (χ4v) is 5.92. The summed E-state index contributed by atoms with van der Waals surface area (Å²) in [5, 5.41) is 14.0. The van der Waals surface area contributed by atoms with Crippen molar-refractivity contribution in [3.63, 3.8) is 0 Å². The van der Waals surface area contributed by atoms with Gasteiger partial charge in [-0.2, -0.15) is 9.78 Å². The van der Waals surface area contributed by atoms with Crippen LogP contribution in [0.2, 0.25) is 10.0 Å². The number of aliphatic hydroxyl groups excluding tert-OH is 1. The van der Waals surface area contributed by atoms with Gasteiger partial charge in [0.1, 0.15) is 11.0 Å². The lowest BCUT2D eigenvalue weighted by molar-refractivity contribution is -0.209. The molecule has 0 unspecified atom stereocenters. The monoisotopic (exact) mass is 542 g/mol. The average molecular weight is 543 g/mol. The van der Waals surface area contributed by atoms with Crippen LogP contribution in [-0.2, 0) is 6.30 Å². The lowest BCUT2D eigenvalue weighted by atomic mass is 9.81. The molecular weight excluding hydrogens is 516 g/mol. The highest BCUT2D eigenvalue weighted by atomic mass is 35.5. The number of piperidine rings is 1. The molecule has 2 aliphatic heterocycles. The van der Waals surface area contributed by atoms with E-state index in [-0.39, 0.29) is 28.0 Å². The number of alkyl halides is 3. The van der Waals surface area contributed by atoms with Gasteiger partial charge in [0.15, 0.2) is 0 Å². The van der Waals surface area contributed by atoms with Gasteiger partial charge in [0, 0.05) is 42.1 Å². The molecule has 2 aliphatic rings. The molecule has 0 saturated carbocycles. The minimum absolute atomic E-state index is 0.0262. The van der Waals surface area contributed by atoms with E-state index in [1.165, 1.54) is 6.20 Å². The van der Waals surface area contributed by atoms with Crippen LogP contribution in [-0.4, -0.2) is 69.1 Å². The molecule has 0 aliphatic carbocycles. The molecule has 1 aromatic carbocycles. The number of aliphatic hydroxyl groups is 1. The third kappa shape index (κ3) is 4.88. The molecule has 3 aromatic rings. The summed E-state index contributed by atoms with van der Waals surface area (Å²) >= 11 is 12.4. The number of hydrogen-bond acceptors (Lipinski definition) is 6. The normalized spacial score (nSPS) is 20.6. The lowest BCUT2D eigenvalue weighted by Crippen LogP contribution is -2.54. The molecular formula is C24H27Cl2F3N6O. The minimum atomic E-state index is -4.71. The summed E-state index contributed by atoms with van der Waals surface area (Å²) in [6.07, 6.45) is -1.26. The number of hydrogen-bond donors (Lipinski definition) is 1. The smallest absolute Gasteiger partial charge is 0.395 e. The number of likely N-dealkylation sites (tertiary alicyclic amines) is 1.